The van der Waals surface area contributed by atoms with E-state index in [4.69, 9.17) is 16.3 Å². The Morgan fingerprint density at radius 2 is 1.65 bits per heavy atom. The van der Waals surface area contributed by atoms with Crippen LogP contribution in [0.15, 0.2) is 78.9 Å². The molecule has 3 aromatic rings. The molecule has 0 aromatic heterocycles. The van der Waals surface area contributed by atoms with Crippen LogP contribution in [0.3, 0.4) is 0 Å². The average molecular weight is 367 g/mol. The summed E-state index contributed by atoms with van der Waals surface area (Å²) in [6, 6.07) is 24.5. The molecule has 0 saturated carbocycles. The summed E-state index contributed by atoms with van der Waals surface area (Å²) >= 11 is 5.92. The molecular weight excluding hydrogens is 348 g/mol. The quantitative estimate of drug-likeness (QED) is 0.620. The fraction of sp³-hybridized carbons (Fsp3) is 0.0952. The Morgan fingerprint density at radius 3 is 2.38 bits per heavy atom. The molecule has 132 valence electrons. The molecule has 3 aromatic carbocycles. The molecule has 0 saturated heterocycles. The molecule has 2 N–H and O–H groups in total. The highest BCUT2D eigenvalue weighted by atomic mass is 35.5. The van der Waals surface area contributed by atoms with Crippen LogP contribution in [0, 0.1) is 0 Å². The predicted octanol–water partition coefficient (Wildman–Crippen LogP) is 4.97. The van der Waals surface area contributed by atoms with Gasteiger partial charge in [0.2, 0.25) is 5.91 Å². The van der Waals surface area contributed by atoms with Crippen molar-refractivity contribution < 1.29 is 9.53 Å². The normalized spacial score (nSPS) is 10.2. The maximum absolute atomic E-state index is 12.0. The molecule has 0 fully saturated rings. The summed E-state index contributed by atoms with van der Waals surface area (Å²) in [5, 5.41) is 6.50. The highest BCUT2D eigenvalue weighted by Crippen LogP contribution is 2.17. The van der Waals surface area contributed by atoms with Crippen molar-refractivity contribution >= 4 is 28.9 Å². The molecule has 3 rings (SSSR count). The first-order valence-corrected chi connectivity index (χ1v) is 8.63. The number of ether oxygens (including phenoxy) is 1. The van der Waals surface area contributed by atoms with Crippen molar-refractivity contribution in [3.63, 3.8) is 0 Å². The number of nitrogens with one attached hydrogen (secondary N) is 2. The fourth-order valence-electron chi connectivity index (χ4n) is 2.36. The molecule has 0 spiro atoms. The lowest BCUT2D eigenvalue weighted by atomic mass is 10.2. The summed E-state index contributed by atoms with van der Waals surface area (Å²) in [7, 11) is 0. The van der Waals surface area contributed by atoms with E-state index in [0.29, 0.717) is 11.6 Å². The lowest BCUT2D eigenvalue weighted by molar-refractivity contribution is -0.114. The van der Waals surface area contributed by atoms with Crippen LogP contribution >= 0.6 is 11.6 Å². The molecule has 26 heavy (non-hydrogen) atoms. The zero-order valence-electron chi connectivity index (χ0n) is 14.1. The van der Waals surface area contributed by atoms with E-state index in [9.17, 15) is 4.79 Å². The van der Waals surface area contributed by atoms with Crippen LogP contribution in [0.2, 0.25) is 5.02 Å². The SMILES string of the molecule is O=C(CNc1cccc(Cl)c1)Nc1ccc(OCc2ccccc2)cc1. The van der Waals surface area contributed by atoms with Gasteiger partial charge in [0.05, 0.1) is 6.54 Å². The van der Waals surface area contributed by atoms with E-state index in [0.717, 1.165) is 22.7 Å². The second-order valence-electron chi connectivity index (χ2n) is 5.71. The monoisotopic (exact) mass is 366 g/mol. The Labute approximate surface area is 157 Å². The zero-order valence-corrected chi connectivity index (χ0v) is 14.9. The van der Waals surface area contributed by atoms with Gasteiger partial charge in [-0.15, -0.1) is 0 Å². The zero-order chi connectivity index (χ0) is 18.2. The smallest absolute Gasteiger partial charge is 0.243 e. The second-order valence-corrected chi connectivity index (χ2v) is 6.15. The number of hydrogen-bond donors (Lipinski definition) is 2. The van der Waals surface area contributed by atoms with Crippen LogP contribution < -0.4 is 15.4 Å². The summed E-state index contributed by atoms with van der Waals surface area (Å²) in [5.41, 5.74) is 2.63. The highest BCUT2D eigenvalue weighted by Gasteiger charge is 2.03. The minimum absolute atomic E-state index is 0.136. The van der Waals surface area contributed by atoms with Gasteiger partial charge in [-0.1, -0.05) is 48.0 Å². The maximum atomic E-state index is 12.0. The summed E-state index contributed by atoms with van der Waals surface area (Å²) < 4.78 is 5.73. The second kappa shape index (κ2) is 8.92. The lowest BCUT2D eigenvalue weighted by Crippen LogP contribution is -2.21. The Kier molecular flexibility index (Phi) is 6.12. The molecule has 0 radical (unpaired) electrons. The van der Waals surface area contributed by atoms with E-state index in [1.54, 1.807) is 12.1 Å². The van der Waals surface area contributed by atoms with Crippen molar-refractivity contribution in [1.82, 2.24) is 0 Å². The van der Waals surface area contributed by atoms with E-state index in [1.807, 2.05) is 66.7 Å². The Balaban J connectivity index is 1.46. The number of benzene rings is 3. The van der Waals surface area contributed by atoms with Gasteiger partial charge in [-0.2, -0.15) is 0 Å². The van der Waals surface area contributed by atoms with Gasteiger partial charge < -0.3 is 15.4 Å². The summed E-state index contributed by atoms with van der Waals surface area (Å²) in [6.45, 7) is 0.669. The molecule has 4 nitrogen and oxygen atoms in total. The molecule has 1 amide bonds. The van der Waals surface area contributed by atoms with Gasteiger partial charge in [0.1, 0.15) is 12.4 Å². The van der Waals surface area contributed by atoms with Gasteiger partial charge in [0.25, 0.3) is 0 Å². The first-order valence-electron chi connectivity index (χ1n) is 8.25. The van der Waals surface area contributed by atoms with Crippen LogP contribution in [0.4, 0.5) is 11.4 Å². The van der Waals surface area contributed by atoms with Crippen LogP contribution in [0.1, 0.15) is 5.56 Å². The minimum atomic E-state index is -0.136. The molecule has 5 heteroatoms. The van der Waals surface area contributed by atoms with Gasteiger partial charge in [-0.3, -0.25) is 4.79 Å². The number of carbonyl (C=O) groups excluding carboxylic acids is 1. The Hall–Kier alpha value is -2.98. The predicted molar refractivity (Wildman–Crippen MR) is 106 cm³/mol. The van der Waals surface area contributed by atoms with Crippen molar-refractivity contribution in [2.45, 2.75) is 6.61 Å². The Morgan fingerprint density at radius 1 is 0.885 bits per heavy atom. The topological polar surface area (TPSA) is 50.4 Å². The van der Waals surface area contributed by atoms with E-state index < -0.39 is 0 Å². The maximum Gasteiger partial charge on any atom is 0.243 e. The van der Waals surface area contributed by atoms with E-state index in [1.165, 1.54) is 0 Å². The number of rotatable bonds is 7. The van der Waals surface area contributed by atoms with E-state index in [-0.39, 0.29) is 12.5 Å². The van der Waals surface area contributed by atoms with Crippen LogP contribution in [-0.4, -0.2) is 12.5 Å². The summed E-state index contributed by atoms with van der Waals surface area (Å²) in [6.07, 6.45) is 0. The van der Waals surface area contributed by atoms with Crippen LogP contribution in [0.5, 0.6) is 5.75 Å². The first-order chi connectivity index (χ1) is 12.7. The average Bonchev–Trinajstić information content (AvgIpc) is 2.67. The third kappa shape index (κ3) is 5.53. The molecule has 0 bridgehead atoms. The molecule has 0 unspecified atom stereocenters. The third-order valence-electron chi connectivity index (χ3n) is 3.66. The molecular formula is C21H19ClN2O2. The standard InChI is InChI=1S/C21H19ClN2O2/c22-17-7-4-8-19(13-17)23-14-21(25)24-18-9-11-20(12-10-18)26-15-16-5-2-1-3-6-16/h1-13,23H,14-15H2,(H,24,25). The Bertz CT molecular complexity index is 851. The van der Waals surface area contributed by atoms with Gasteiger partial charge >= 0.3 is 0 Å². The van der Waals surface area contributed by atoms with Crippen molar-refractivity contribution in [1.29, 1.82) is 0 Å². The largest absolute Gasteiger partial charge is 0.489 e. The third-order valence-corrected chi connectivity index (χ3v) is 3.90. The van der Waals surface area contributed by atoms with E-state index in [2.05, 4.69) is 10.6 Å². The highest BCUT2D eigenvalue weighted by molar-refractivity contribution is 6.30. The number of halogens is 1. The van der Waals surface area contributed by atoms with Crippen molar-refractivity contribution in [2.24, 2.45) is 0 Å². The van der Waals surface area contributed by atoms with Gasteiger partial charge in [-0.05, 0) is 48.0 Å². The fourth-order valence-corrected chi connectivity index (χ4v) is 2.55. The summed E-state index contributed by atoms with van der Waals surface area (Å²) in [5.74, 6) is 0.617. The number of anilines is 2. The van der Waals surface area contributed by atoms with Crippen molar-refractivity contribution in [3.8, 4) is 5.75 Å². The lowest BCUT2D eigenvalue weighted by Gasteiger charge is -2.10. The van der Waals surface area contributed by atoms with Gasteiger partial charge in [0, 0.05) is 16.4 Å². The molecule has 0 aliphatic carbocycles. The van der Waals surface area contributed by atoms with Gasteiger partial charge in [-0.25, -0.2) is 0 Å². The van der Waals surface area contributed by atoms with E-state index >= 15 is 0 Å². The first kappa shape index (κ1) is 17.8. The molecule has 0 aliphatic heterocycles. The molecule has 0 atom stereocenters. The van der Waals surface area contributed by atoms with Gasteiger partial charge in [0.15, 0.2) is 0 Å². The van der Waals surface area contributed by atoms with Crippen LogP contribution in [-0.2, 0) is 11.4 Å². The van der Waals surface area contributed by atoms with Crippen molar-refractivity contribution in [2.75, 3.05) is 17.2 Å². The van der Waals surface area contributed by atoms with Crippen molar-refractivity contribution in [3.05, 3.63) is 89.4 Å². The number of carbonyl (C=O) groups is 1. The molecule has 0 aliphatic rings. The number of amides is 1. The number of hydrogen-bond acceptors (Lipinski definition) is 3. The summed E-state index contributed by atoms with van der Waals surface area (Å²) in [4.78, 5) is 12.0. The van der Waals surface area contributed by atoms with Crippen LogP contribution in [0.25, 0.3) is 0 Å². The minimum Gasteiger partial charge on any atom is -0.489 e. The molecule has 0 heterocycles.